The molecule has 1 amide bonds. The average molecular weight is 281 g/mol. The highest BCUT2D eigenvalue weighted by atomic mass is 16.6. The van der Waals surface area contributed by atoms with Gasteiger partial charge in [-0.05, 0) is 39.2 Å². The fourth-order valence-corrected chi connectivity index (χ4v) is 1.41. The molecule has 1 fully saturated rings. The number of likely N-dealkylation sites (N-methyl/N-ethyl adjacent to an activating group) is 1. The second-order valence-electron chi connectivity index (χ2n) is 5.72. The molecule has 0 bridgehead atoms. The van der Waals surface area contributed by atoms with Gasteiger partial charge in [0, 0.05) is 13.2 Å². The highest BCUT2D eigenvalue weighted by Crippen LogP contribution is 2.33. The molecule has 0 atom stereocenters. The SMILES string of the molecule is C=C(C(O)=C1CC1)N(C)/C=C(\N)NC(=O)OC(C)(C)C. The minimum absolute atomic E-state index is 0.108. The first-order valence-corrected chi connectivity index (χ1v) is 6.40. The standard InChI is InChI=1S/C14H23N3O3/c1-9(12(18)10-6-7-10)17(5)8-11(15)16-13(19)20-14(2,3)4/h8,18H,1,6-7,15H2,2-5H3,(H,16,19)/b11-8+. The van der Waals surface area contributed by atoms with E-state index in [0.29, 0.717) is 5.70 Å². The van der Waals surface area contributed by atoms with E-state index < -0.39 is 11.7 Å². The van der Waals surface area contributed by atoms with Crippen molar-refractivity contribution in [2.24, 2.45) is 5.73 Å². The quantitative estimate of drug-likeness (QED) is 0.688. The monoisotopic (exact) mass is 281 g/mol. The first kappa shape index (κ1) is 15.9. The minimum atomic E-state index is -0.630. The molecule has 4 N–H and O–H groups in total. The van der Waals surface area contributed by atoms with E-state index in [1.165, 1.54) is 6.20 Å². The van der Waals surface area contributed by atoms with Gasteiger partial charge in [-0.1, -0.05) is 6.58 Å². The van der Waals surface area contributed by atoms with Crippen molar-refractivity contribution in [2.45, 2.75) is 39.2 Å². The van der Waals surface area contributed by atoms with Gasteiger partial charge in [-0.2, -0.15) is 0 Å². The number of hydrogen-bond donors (Lipinski definition) is 3. The second-order valence-corrected chi connectivity index (χ2v) is 5.72. The third-order valence-electron chi connectivity index (χ3n) is 2.51. The van der Waals surface area contributed by atoms with Gasteiger partial charge in [0.05, 0.1) is 5.70 Å². The molecule has 1 rings (SSSR count). The lowest BCUT2D eigenvalue weighted by Crippen LogP contribution is -2.35. The van der Waals surface area contributed by atoms with Crippen LogP contribution in [0.4, 0.5) is 4.79 Å². The second kappa shape index (κ2) is 5.90. The van der Waals surface area contributed by atoms with Crippen molar-refractivity contribution in [2.75, 3.05) is 7.05 Å². The molecular formula is C14H23N3O3. The number of nitrogens with zero attached hydrogens (tertiary/aromatic N) is 1. The van der Waals surface area contributed by atoms with E-state index in [-0.39, 0.29) is 11.6 Å². The van der Waals surface area contributed by atoms with Gasteiger partial charge >= 0.3 is 6.09 Å². The summed E-state index contributed by atoms with van der Waals surface area (Å²) in [5, 5.41) is 12.2. The number of hydrogen-bond acceptors (Lipinski definition) is 5. The Morgan fingerprint density at radius 2 is 2.05 bits per heavy atom. The van der Waals surface area contributed by atoms with E-state index in [9.17, 15) is 9.90 Å². The Labute approximate surface area is 119 Å². The minimum Gasteiger partial charge on any atom is -0.506 e. The Morgan fingerprint density at radius 1 is 1.50 bits per heavy atom. The molecule has 0 aromatic carbocycles. The number of allylic oxidation sites excluding steroid dienone is 1. The summed E-state index contributed by atoms with van der Waals surface area (Å²) in [4.78, 5) is 13.1. The van der Waals surface area contributed by atoms with Crippen LogP contribution in [0.2, 0.25) is 0 Å². The van der Waals surface area contributed by atoms with E-state index in [4.69, 9.17) is 10.5 Å². The summed E-state index contributed by atoms with van der Waals surface area (Å²) in [5.41, 5.74) is 6.52. The van der Waals surface area contributed by atoms with Gasteiger partial charge in [0.1, 0.15) is 17.2 Å². The molecule has 6 heteroatoms. The van der Waals surface area contributed by atoms with Crippen molar-refractivity contribution < 1.29 is 14.6 Å². The highest BCUT2D eigenvalue weighted by Gasteiger charge is 2.21. The van der Waals surface area contributed by atoms with Gasteiger partial charge in [0.25, 0.3) is 0 Å². The number of amides is 1. The summed E-state index contributed by atoms with van der Waals surface area (Å²) in [6.45, 7) is 9.07. The molecule has 6 nitrogen and oxygen atoms in total. The zero-order chi connectivity index (χ0) is 15.5. The van der Waals surface area contributed by atoms with E-state index >= 15 is 0 Å². The van der Waals surface area contributed by atoms with Crippen LogP contribution in [0, 0.1) is 0 Å². The van der Waals surface area contributed by atoms with Crippen molar-refractivity contribution in [1.82, 2.24) is 10.2 Å². The Hall–Kier alpha value is -2.11. The van der Waals surface area contributed by atoms with Gasteiger partial charge in [0.2, 0.25) is 0 Å². The molecule has 1 aliphatic rings. The Kier molecular flexibility index (Phi) is 4.70. The molecule has 1 aliphatic carbocycles. The van der Waals surface area contributed by atoms with E-state index in [0.717, 1.165) is 18.4 Å². The highest BCUT2D eigenvalue weighted by molar-refractivity contribution is 5.69. The van der Waals surface area contributed by atoms with Crippen LogP contribution in [0.15, 0.2) is 35.6 Å². The van der Waals surface area contributed by atoms with Gasteiger partial charge in [-0.25, -0.2) is 4.79 Å². The maximum Gasteiger partial charge on any atom is 0.413 e. The van der Waals surface area contributed by atoms with Crippen LogP contribution in [0.25, 0.3) is 0 Å². The number of nitrogens with one attached hydrogen (secondary N) is 1. The lowest BCUT2D eigenvalue weighted by atomic mass is 10.2. The number of ether oxygens (including phenoxy) is 1. The number of aliphatic hydroxyl groups excluding tert-OH is 1. The number of aliphatic hydroxyl groups is 1. The largest absolute Gasteiger partial charge is 0.506 e. The lowest BCUT2D eigenvalue weighted by Gasteiger charge is -2.21. The van der Waals surface area contributed by atoms with Crippen LogP contribution in [0.1, 0.15) is 33.6 Å². The number of carbonyl (C=O) groups is 1. The topological polar surface area (TPSA) is 87.8 Å². The van der Waals surface area contributed by atoms with Crippen molar-refractivity contribution in [3.8, 4) is 0 Å². The smallest absolute Gasteiger partial charge is 0.413 e. The van der Waals surface area contributed by atoms with Crippen LogP contribution in [-0.2, 0) is 4.74 Å². The predicted molar refractivity (Wildman–Crippen MR) is 77.4 cm³/mol. The zero-order valence-corrected chi connectivity index (χ0v) is 12.5. The van der Waals surface area contributed by atoms with Crippen LogP contribution in [-0.4, -0.2) is 28.7 Å². The van der Waals surface area contributed by atoms with Gasteiger partial charge in [0.15, 0.2) is 0 Å². The fourth-order valence-electron chi connectivity index (χ4n) is 1.41. The Morgan fingerprint density at radius 3 is 2.50 bits per heavy atom. The molecule has 0 aliphatic heterocycles. The van der Waals surface area contributed by atoms with Crippen LogP contribution in [0.3, 0.4) is 0 Å². The van der Waals surface area contributed by atoms with Crippen molar-refractivity contribution in [3.05, 3.63) is 35.6 Å². The zero-order valence-electron chi connectivity index (χ0n) is 12.5. The summed E-state index contributed by atoms with van der Waals surface area (Å²) in [6, 6.07) is 0. The number of nitrogens with two attached hydrogens (primary N) is 1. The Balaban J connectivity index is 2.58. The molecule has 0 saturated heterocycles. The third kappa shape index (κ3) is 5.26. The van der Waals surface area contributed by atoms with Crippen LogP contribution in [0.5, 0.6) is 0 Å². The molecule has 0 heterocycles. The van der Waals surface area contributed by atoms with E-state index in [1.807, 2.05) is 0 Å². The van der Waals surface area contributed by atoms with Gasteiger partial charge in [-0.15, -0.1) is 0 Å². The van der Waals surface area contributed by atoms with E-state index in [2.05, 4.69) is 11.9 Å². The summed E-state index contributed by atoms with van der Waals surface area (Å²) in [7, 11) is 1.69. The normalized spacial score (nSPS) is 14.6. The fraction of sp³-hybridized carbons (Fsp3) is 0.500. The number of alkyl carbamates (subject to hydrolysis) is 1. The average Bonchev–Trinajstić information content (AvgIpc) is 3.07. The van der Waals surface area contributed by atoms with Crippen LogP contribution >= 0.6 is 0 Å². The summed E-state index contributed by atoms with van der Waals surface area (Å²) < 4.78 is 5.08. The summed E-state index contributed by atoms with van der Waals surface area (Å²) in [5.74, 6) is 0.297. The van der Waals surface area contributed by atoms with Gasteiger partial charge in [-0.3, -0.25) is 5.32 Å². The maximum atomic E-state index is 11.5. The molecule has 20 heavy (non-hydrogen) atoms. The number of carbonyl (C=O) groups excluding carboxylic acids is 1. The van der Waals surface area contributed by atoms with Gasteiger partial charge < -0.3 is 20.5 Å². The number of rotatable bonds is 4. The lowest BCUT2D eigenvalue weighted by molar-refractivity contribution is 0.0544. The van der Waals surface area contributed by atoms with Crippen molar-refractivity contribution in [3.63, 3.8) is 0 Å². The summed E-state index contributed by atoms with van der Waals surface area (Å²) in [6.07, 6.45) is 2.63. The van der Waals surface area contributed by atoms with Crippen LogP contribution < -0.4 is 11.1 Å². The third-order valence-corrected chi connectivity index (χ3v) is 2.51. The molecule has 1 saturated carbocycles. The molecule has 0 unspecified atom stereocenters. The summed E-state index contributed by atoms with van der Waals surface area (Å²) >= 11 is 0. The molecule has 0 aromatic heterocycles. The molecule has 0 spiro atoms. The molecule has 0 aromatic rings. The molecule has 112 valence electrons. The first-order valence-electron chi connectivity index (χ1n) is 6.40. The van der Waals surface area contributed by atoms with E-state index in [1.54, 1.807) is 32.7 Å². The molecular weight excluding hydrogens is 258 g/mol. The van der Waals surface area contributed by atoms with Crippen molar-refractivity contribution in [1.29, 1.82) is 0 Å². The maximum absolute atomic E-state index is 11.5. The Bertz CT molecular complexity index is 467. The molecule has 0 radical (unpaired) electrons. The van der Waals surface area contributed by atoms with Crippen molar-refractivity contribution >= 4 is 6.09 Å². The predicted octanol–water partition coefficient (Wildman–Crippen LogP) is 2.32. The first-order chi connectivity index (χ1) is 9.10.